The van der Waals surface area contributed by atoms with E-state index in [1.54, 1.807) is 0 Å². The van der Waals surface area contributed by atoms with Crippen LogP contribution in [-0.2, 0) is 28.6 Å². The van der Waals surface area contributed by atoms with Gasteiger partial charge in [0.15, 0.2) is 6.10 Å². The number of esters is 3. The molecule has 0 aliphatic heterocycles. The molecule has 0 aromatic carbocycles. The summed E-state index contributed by atoms with van der Waals surface area (Å²) >= 11 is 0. The highest BCUT2D eigenvalue weighted by molar-refractivity contribution is 5.71. The summed E-state index contributed by atoms with van der Waals surface area (Å²) in [4.78, 5) is 38.2. The molecule has 0 aliphatic carbocycles. The van der Waals surface area contributed by atoms with Gasteiger partial charge in [0.2, 0.25) is 0 Å². The van der Waals surface area contributed by atoms with E-state index in [0.29, 0.717) is 19.3 Å². The molecule has 0 spiro atoms. The van der Waals surface area contributed by atoms with Crippen molar-refractivity contribution in [2.75, 3.05) is 13.2 Å². The van der Waals surface area contributed by atoms with Gasteiger partial charge in [0, 0.05) is 19.3 Å². The van der Waals surface area contributed by atoms with Crippen molar-refractivity contribution in [3.05, 3.63) is 146 Å². The molecule has 446 valence electrons. The van der Waals surface area contributed by atoms with Gasteiger partial charge < -0.3 is 14.2 Å². The molecule has 0 radical (unpaired) electrons. The van der Waals surface area contributed by atoms with Crippen LogP contribution in [0.15, 0.2) is 146 Å². The fraction of sp³-hybridized carbons (Fsp3) is 0.630. The van der Waals surface area contributed by atoms with E-state index in [1.165, 1.54) is 116 Å². The number of hydrogen-bond donors (Lipinski definition) is 0. The maximum Gasteiger partial charge on any atom is 0.306 e. The van der Waals surface area contributed by atoms with E-state index >= 15 is 0 Å². The van der Waals surface area contributed by atoms with Gasteiger partial charge in [0.25, 0.3) is 0 Å². The summed E-state index contributed by atoms with van der Waals surface area (Å²) in [6, 6.07) is 0. The van der Waals surface area contributed by atoms with Crippen LogP contribution in [0.2, 0.25) is 0 Å². The largest absolute Gasteiger partial charge is 0.462 e. The van der Waals surface area contributed by atoms with Crippen LogP contribution < -0.4 is 0 Å². The van der Waals surface area contributed by atoms with E-state index < -0.39 is 12.1 Å². The summed E-state index contributed by atoms with van der Waals surface area (Å²) in [5, 5.41) is 0. The highest BCUT2D eigenvalue weighted by Gasteiger charge is 2.19. The van der Waals surface area contributed by atoms with Gasteiger partial charge in [0.1, 0.15) is 13.2 Å². The second kappa shape index (κ2) is 65.8. The lowest BCUT2D eigenvalue weighted by molar-refractivity contribution is -0.166. The topological polar surface area (TPSA) is 78.9 Å². The average molecular weight is 1090 g/mol. The van der Waals surface area contributed by atoms with Crippen LogP contribution in [0.25, 0.3) is 0 Å². The van der Waals surface area contributed by atoms with E-state index in [0.717, 1.165) is 116 Å². The zero-order chi connectivity index (χ0) is 57.1. The van der Waals surface area contributed by atoms with Crippen molar-refractivity contribution in [3.63, 3.8) is 0 Å². The molecule has 6 heteroatoms. The number of rotatable bonds is 57. The van der Waals surface area contributed by atoms with Crippen molar-refractivity contribution in [1.29, 1.82) is 0 Å². The maximum absolute atomic E-state index is 12.9. The number of allylic oxidation sites excluding steroid dienone is 24. The molecule has 6 nitrogen and oxygen atoms in total. The number of hydrogen-bond acceptors (Lipinski definition) is 6. The second-order valence-corrected chi connectivity index (χ2v) is 20.9. The summed E-state index contributed by atoms with van der Waals surface area (Å²) in [6.07, 6.45) is 94.5. The Kier molecular flexibility index (Phi) is 61.9. The van der Waals surface area contributed by atoms with Crippen LogP contribution in [0, 0.1) is 0 Å². The zero-order valence-electron chi connectivity index (χ0n) is 51.1. The molecule has 0 fully saturated rings. The van der Waals surface area contributed by atoms with Crippen LogP contribution in [0.5, 0.6) is 0 Å². The molecule has 0 saturated heterocycles. The molecule has 0 aliphatic rings. The minimum atomic E-state index is -0.838. The number of unbranched alkanes of at least 4 members (excludes halogenated alkanes) is 22. The molecule has 0 heterocycles. The third kappa shape index (κ3) is 64.0. The Bertz CT molecular complexity index is 1730. The van der Waals surface area contributed by atoms with Crippen LogP contribution >= 0.6 is 0 Å². The highest BCUT2D eigenvalue weighted by atomic mass is 16.6. The quantitative estimate of drug-likeness (QED) is 0.0261. The summed E-state index contributed by atoms with van der Waals surface area (Å²) in [7, 11) is 0. The van der Waals surface area contributed by atoms with Gasteiger partial charge in [-0.1, -0.05) is 276 Å². The molecule has 0 aromatic rings. The van der Waals surface area contributed by atoms with E-state index in [1.807, 2.05) is 12.2 Å². The Balaban J connectivity index is 4.38. The predicted molar refractivity (Wildman–Crippen MR) is 343 cm³/mol. The maximum atomic E-state index is 12.9. The summed E-state index contributed by atoms with van der Waals surface area (Å²) in [6.45, 7) is 6.31. The second-order valence-electron chi connectivity index (χ2n) is 20.9. The lowest BCUT2D eigenvalue weighted by Gasteiger charge is -2.18. The molecule has 0 N–H and O–H groups in total. The molecule has 79 heavy (non-hydrogen) atoms. The van der Waals surface area contributed by atoms with Gasteiger partial charge >= 0.3 is 17.9 Å². The third-order valence-electron chi connectivity index (χ3n) is 13.3. The Hall–Kier alpha value is -4.71. The van der Waals surface area contributed by atoms with Gasteiger partial charge in [-0.15, -0.1) is 0 Å². The standard InChI is InChI=1S/C73H118O6/c1-4-7-10-13-16-19-22-25-27-29-31-32-33-34-35-36-37-38-39-40-42-43-45-48-51-54-57-60-63-66-72(75)78-69-70(68-77-71(74)65-62-59-56-53-50-47-24-21-18-15-12-9-6-3)79-73(76)67-64-61-58-55-52-49-46-44-41-30-28-26-23-20-17-14-11-8-5-2/h8-9,11-12,17-18,20-22,25-26,28-29,31,33-34,41,44,47,49-50,52,58,61,70H,4-7,10,13-16,19,23-24,27,30,32,35-40,42-43,45-46,48,51,53-57,59-60,62-69H2,1-3H3/b11-8-,12-9-,20-17-,21-18-,25-22-,28-26-,31-29-,34-33-,44-41-,50-47-,52-49-,61-58-. The van der Waals surface area contributed by atoms with E-state index in [4.69, 9.17) is 14.2 Å². The first kappa shape index (κ1) is 74.3. The van der Waals surface area contributed by atoms with Gasteiger partial charge in [-0.05, 0) is 128 Å². The number of ether oxygens (including phenoxy) is 3. The van der Waals surface area contributed by atoms with Crippen LogP contribution in [0.4, 0.5) is 0 Å². The van der Waals surface area contributed by atoms with Crippen LogP contribution in [0.1, 0.15) is 278 Å². The number of carbonyl (C=O) groups excluding carboxylic acids is 3. The van der Waals surface area contributed by atoms with Crippen molar-refractivity contribution in [2.45, 2.75) is 284 Å². The van der Waals surface area contributed by atoms with E-state index in [2.05, 4.69) is 154 Å². The molecule has 0 bridgehead atoms. The van der Waals surface area contributed by atoms with Crippen molar-refractivity contribution < 1.29 is 28.6 Å². The summed E-state index contributed by atoms with van der Waals surface area (Å²) in [5.74, 6) is -1.04. The summed E-state index contributed by atoms with van der Waals surface area (Å²) in [5.41, 5.74) is 0. The molecule has 0 rings (SSSR count). The minimum Gasteiger partial charge on any atom is -0.462 e. The van der Waals surface area contributed by atoms with Crippen LogP contribution in [-0.4, -0.2) is 37.2 Å². The average Bonchev–Trinajstić information content (AvgIpc) is 3.45. The Morgan fingerprint density at radius 2 is 0.519 bits per heavy atom. The zero-order valence-corrected chi connectivity index (χ0v) is 51.1. The summed E-state index contributed by atoms with van der Waals surface area (Å²) < 4.78 is 16.8. The van der Waals surface area contributed by atoms with Gasteiger partial charge in [-0.3, -0.25) is 14.4 Å². The minimum absolute atomic E-state index is 0.122. The normalized spacial score (nSPS) is 13.1. The monoisotopic (exact) mass is 1090 g/mol. The van der Waals surface area contributed by atoms with Crippen molar-refractivity contribution >= 4 is 17.9 Å². The van der Waals surface area contributed by atoms with Gasteiger partial charge in [-0.25, -0.2) is 0 Å². The first-order valence-corrected chi connectivity index (χ1v) is 32.3. The molecule has 0 amide bonds. The van der Waals surface area contributed by atoms with Gasteiger partial charge in [-0.2, -0.15) is 0 Å². The SMILES string of the molecule is CC/C=C\C/C=C\C/C=C\C/C=C\C/C=C\C/C=C\CCC(=O)OC(COC(=O)CCCCC/C=C\C/C=C\C/C=C\CC)COC(=O)CCCCCCCCCCCCCCCC/C=C\C/C=C\C/C=C\CCCCCCC. The van der Waals surface area contributed by atoms with E-state index in [9.17, 15) is 14.4 Å². The van der Waals surface area contributed by atoms with Crippen molar-refractivity contribution in [1.82, 2.24) is 0 Å². The fourth-order valence-corrected chi connectivity index (χ4v) is 8.55. The third-order valence-corrected chi connectivity index (χ3v) is 13.3. The highest BCUT2D eigenvalue weighted by Crippen LogP contribution is 2.15. The molecule has 0 aromatic heterocycles. The fourth-order valence-electron chi connectivity index (χ4n) is 8.55. The molecule has 0 saturated carbocycles. The van der Waals surface area contributed by atoms with E-state index in [-0.39, 0.29) is 31.6 Å². The van der Waals surface area contributed by atoms with Gasteiger partial charge in [0.05, 0.1) is 0 Å². The first-order valence-electron chi connectivity index (χ1n) is 32.3. The van der Waals surface area contributed by atoms with Crippen molar-refractivity contribution in [2.24, 2.45) is 0 Å². The molecule has 1 atom stereocenters. The molecular weight excluding hydrogens is 973 g/mol. The first-order chi connectivity index (χ1) is 39.0. The van der Waals surface area contributed by atoms with Crippen molar-refractivity contribution in [3.8, 4) is 0 Å². The lowest BCUT2D eigenvalue weighted by Crippen LogP contribution is -2.30. The van der Waals surface area contributed by atoms with Crippen LogP contribution in [0.3, 0.4) is 0 Å². The molecule has 1 unspecified atom stereocenters. The number of carbonyl (C=O) groups is 3. The predicted octanol–water partition coefficient (Wildman–Crippen LogP) is 22.3. The Morgan fingerprint density at radius 3 is 0.835 bits per heavy atom. The Morgan fingerprint density at radius 1 is 0.266 bits per heavy atom. The smallest absolute Gasteiger partial charge is 0.306 e. The molecular formula is C73H118O6. The lowest BCUT2D eigenvalue weighted by atomic mass is 10.0. The Labute approximate surface area is 487 Å².